The lowest BCUT2D eigenvalue weighted by molar-refractivity contribution is -0.113. The molecule has 2 aromatic heterocycles. The first-order chi connectivity index (χ1) is 12.9. The van der Waals surface area contributed by atoms with Crippen LogP contribution in [0.25, 0.3) is 0 Å². The van der Waals surface area contributed by atoms with Crippen LogP contribution in [0.5, 0.6) is 0 Å². The summed E-state index contributed by atoms with van der Waals surface area (Å²) in [6.45, 7) is 4.96. The molecule has 1 N–H and O–H groups in total. The summed E-state index contributed by atoms with van der Waals surface area (Å²) in [6, 6.07) is 0. The van der Waals surface area contributed by atoms with Gasteiger partial charge in [-0.15, -0.1) is 5.10 Å². The number of aryl methyl sites for hydroxylation is 2. The molecule has 0 aromatic carbocycles. The molecule has 2 heterocycles. The van der Waals surface area contributed by atoms with E-state index >= 15 is 0 Å². The minimum Gasteiger partial charge on any atom is -0.462 e. The predicted octanol–water partition coefficient (Wildman–Crippen LogP) is 1.20. The van der Waals surface area contributed by atoms with Crippen LogP contribution in [0.1, 0.15) is 40.3 Å². The van der Waals surface area contributed by atoms with Gasteiger partial charge >= 0.3 is 11.9 Å². The zero-order valence-corrected chi connectivity index (χ0v) is 16.1. The van der Waals surface area contributed by atoms with Gasteiger partial charge in [-0.1, -0.05) is 11.8 Å². The first-order valence-electron chi connectivity index (χ1n) is 8.01. The van der Waals surface area contributed by atoms with Gasteiger partial charge in [0.2, 0.25) is 16.9 Å². The highest BCUT2D eigenvalue weighted by Gasteiger charge is 2.31. The fraction of sp³-hybridized carbons (Fsp3) is 0.467. The summed E-state index contributed by atoms with van der Waals surface area (Å²) in [5.41, 5.74) is -0.248. The van der Waals surface area contributed by atoms with E-state index in [1.807, 2.05) is 0 Å². The molecule has 0 saturated heterocycles. The van der Waals surface area contributed by atoms with Gasteiger partial charge in [-0.3, -0.25) is 10.1 Å². The number of furan rings is 1. The highest BCUT2D eigenvalue weighted by atomic mass is 32.2. The van der Waals surface area contributed by atoms with E-state index in [0.717, 1.165) is 11.8 Å². The predicted molar refractivity (Wildman–Crippen MR) is 93.5 cm³/mol. The van der Waals surface area contributed by atoms with Gasteiger partial charge in [0, 0.05) is 7.05 Å². The third-order valence-electron chi connectivity index (χ3n) is 3.21. The Bertz CT molecular complexity index is 846. The van der Waals surface area contributed by atoms with Crippen molar-refractivity contribution in [3.05, 3.63) is 16.9 Å². The SMILES string of the molecule is CCOC(=O)c1c(C)oc(NC(=O)CSc2nnnn2C)c1C(=O)OCC. The maximum absolute atomic E-state index is 12.3. The highest BCUT2D eigenvalue weighted by molar-refractivity contribution is 7.99. The Morgan fingerprint density at radius 2 is 1.78 bits per heavy atom. The Kier molecular flexibility index (Phi) is 6.93. The van der Waals surface area contributed by atoms with Crippen molar-refractivity contribution < 1.29 is 28.3 Å². The number of aromatic nitrogens is 4. The molecule has 0 aliphatic rings. The minimum atomic E-state index is -0.794. The summed E-state index contributed by atoms with van der Waals surface area (Å²) < 4.78 is 16.8. The van der Waals surface area contributed by atoms with Crippen LogP contribution in [0.4, 0.5) is 5.88 Å². The molecule has 27 heavy (non-hydrogen) atoms. The molecule has 0 atom stereocenters. The van der Waals surface area contributed by atoms with Gasteiger partial charge in [0.1, 0.15) is 16.9 Å². The van der Waals surface area contributed by atoms with Crippen molar-refractivity contribution in [3.8, 4) is 0 Å². The van der Waals surface area contributed by atoms with Crippen LogP contribution in [0.3, 0.4) is 0 Å². The Morgan fingerprint density at radius 3 is 2.33 bits per heavy atom. The molecule has 0 saturated carbocycles. The van der Waals surface area contributed by atoms with Crippen LogP contribution in [-0.4, -0.2) is 57.0 Å². The third kappa shape index (κ3) is 4.84. The zero-order chi connectivity index (χ0) is 20.0. The number of amides is 1. The number of esters is 2. The van der Waals surface area contributed by atoms with Gasteiger partial charge in [0.05, 0.1) is 19.0 Å². The number of carbonyl (C=O) groups excluding carboxylic acids is 3. The number of ether oxygens (including phenoxy) is 2. The molecule has 146 valence electrons. The van der Waals surface area contributed by atoms with Crippen LogP contribution in [0, 0.1) is 6.92 Å². The molecule has 2 rings (SSSR count). The number of anilines is 1. The molecule has 0 bridgehead atoms. The van der Waals surface area contributed by atoms with Gasteiger partial charge in [-0.05, 0) is 31.2 Å². The Balaban J connectivity index is 2.22. The number of hydrogen-bond donors (Lipinski definition) is 1. The molecule has 12 heteroatoms. The minimum absolute atomic E-state index is 0.0367. The number of hydrogen-bond acceptors (Lipinski definition) is 10. The van der Waals surface area contributed by atoms with E-state index in [-0.39, 0.29) is 41.7 Å². The summed E-state index contributed by atoms with van der Waals surface area (Å²) in [4.78, 5) is 36.7. The molecule has 0 aliphatic carbocycles. The molecule has 0 spiro atoms. The average Bonchev–Trinajstić information content (AvgIpc) is 3.16. The van der Waals surface area contributed by atoms with E-state index in [1.165, 1.54) is 11.6 Å². The van der Waals surface area contributed by atoms with Crippen molar-refractivity contribution in [1.29, 1.82) is 0 Å². The second-order valence-corrected chi connectivity index (χ2v) is 6.04. The Hall–Kier alpha value is -2.89. The first kappa shape index (κ1) is 20.4. The smallest absolute Gasteiger partial charge is 0.344 e. The van der Waals surface area contributed by atoms with Crippen molar-refractivity contribution in [3.63, 3.8) is 0 Å². The Morgan fingerprint density at radius 1 is 1.15 bits per heavy atom. The summed E-state index contributed by atoms with van der Waals surface area (Å²) in [7, 11) is 1.64. The topological polar surface area (TPSA) is 138 Å². The molecule has 0 fully saturated rings. The monoisotopic (exact) mass is 397 g/mol. The fourth-order valence-electron chi connectivity index (χ4n) is 2.12. The maximum Gasteiger partial charge on any atom is 0.344 e. The number of tetrazole rings is 1. The van der Waals surface area contributed by atoms with Crippen molar-refractivity contribution in [2.75, 3.05) is 24.3 Å². The lowest BCUT2D eigenvalue weighted by atomic mass is 10.1. The number of thioether (sulfide) groups is 1. The molecular formula is C15H19N5O6S. The zero-order valence-electron chi connectivity index (χ0n) is 15.3. The van der Waals surface area contributed by atoms with E-state index < -0.39 is 17.8 Å². The summed E-state index contributed by atoms with van der Waals surface area (Å²) in [5, 5.41) is 13.8. The van der Waals surface area contributed by atoms with Crippen LogP contribution in [0.2, 0.25) is 0 Å². The first-order valence-corrected chi connectivity index (χ1v) is 9.00. The van der Waals surface area contributed by atoms with Gasteiger partial charge < -0.3 is 13.9 Å². The largest absolute Gasteiger partial charge is 0.462 e. The third-order valence-corrected chi connectivity index (χ3v) is 4.22. The van der Waals surface area contributed by atoms with E-state index in [9.17, 15) is 14.4 Å². The number of nitrogens with zero attached hydrogens (tertiary/aromatic N) is 4. The van der Waals surface area contributed by atoms with Crippen LogP contribution in [-0.2, 0) is 21.3 Å². The van der Waals surface area contributed by atoms with E-state index in [1.54, 1.807) is 20.9 Å². The van der Waals surface area contributed by atoms with Crippen molar-refractivity contribution in [2.24, 2.45) is 7.05 Å². The average molecular weight is 397 g/mol. The molecule has 11 nitrogen and oxygen atoms in total. The van der Waals surface area contributed by atoms with Gasteiger partial charge in [0.25, 0.3) is 0 Å². The van der Waals surface area contributed by atoms with Gasteiger partial charge in [-0.25, -0.2) is 14.3 Å². The van der Waals surface area contributed by atoms with Crippen molar-refractivity contribution in [2.45, 2.75) is 25.9 Å². The summed E-state index contributed by atoms with van der Waals surface area (Å²) in [6.07, 6.45) is 0. The van der Waals surface area contributed by atoms with E-state index in [2.05, 4.69) is 20.8 Å². The van der Waals surface area contributed by atoms with Crippen molar-refractivity contribution >= 4 is 35.5 Å². The normalized spacial score (nSPS) is 10.5. The standard InChI is InChI=1S/C15H19N5O6S/c1-5-24-13(22)10-8(3)26-12(11(10)14(23)25-6-2)16-9(21)7-27-15-17-18-19-20(15)4/h5-7H2,1-4H3,(H,16,21). The van der Waals surface area contributed by atoms with Crippen LogP contribution < -0.4 is 5.32 Å². The van der Waals surface area contributed by atoms with Crippen LogP contribution >= 0.6 is 11.8 Å². The quantitative estimate of drug-likeness (QED) is 0.510. The lowest BCUT2D eigenvalue weighted by Gasteiger charge is -2.06. The number of carbonyl (C=O) groups is 3. The molecule has 0 radical (unpaired) electrons. The fourth-order valence-corrected chi connectivity index (χ4v) is 2.77. The summed E-state index contributed by atoms with van der Waals surface area (Å²) >= 11 is 1.10. The second kappa shape index (κ2) is 9.16. The molecule has 0 unspecified atom stereocenters. The van der Waals surface area contributed by atoms with Crippen LogP contribution in [0.15, 0.2) is 9.57 Å². The van der Waals surface area contributed by atoms with E-state index in [0.29, 0.717) is 5.16 Å². The van der Waals surface area contributed by atoms with Gasteiger partial charge in [-0.2, -0.15) is 0 Å². The number of nitrogens with one attached hydrogen (secondary N) is 1. The number of rotatable bonds is 8. The lowest BCUT2D eigenvalue weighted by Crippen LogP contribution is -2.18. The Labute approximate surface area is 158 Å². The molecule has 1 amide bonds. The second-order valence-electron chi connectivity index (χ2n) is 5.10. The molecular weight excluding hydrogens is 378 g/mol. The molecule has 0 aliphatic heterocycles. The maximum atomic E-state index is 12.3. The summed E-state index contributed by atoms with van der Waals surface area (Å²) in [5.74, 6) is -2.07. The van der Waals surface area contributed by atoms with Gasteiger partial charge in [0.15, 0.2) is 0 Å². The van der Waals surface area contributed by atoms with Crippen molar-refractivity contribution in [1.82, 2.24) is 20.2 Å². The highest BCUT2D eigenvalue weighted by Crippen LogP contribution is 2.29. The van der Waals surface area contributed by atoms with E-state index in [4.69, 9.17) is 13.9 Å². The molecule has 2 aromatic rings.